The number of pyridine rings is 1. The van der Waals surface area contributed by atoms with Crippen LogP contribution in [0.2, 0.25) is 0 Å². The van der Waals surface area contributed by atoms with E-state index in [4.69, 9.17) is 15.3 Å². The minimum Gasteiger partial charge on any atom is -0.381 e. The first-order valence-electron chi connectivity index (χ1n) is 5.49. The zero-order valence-electron chi connectivity index (χ0n) is 9.19. The number of hydrogen-bond donors (Lipinski definition) is 2. The molecule has 1 aliphatic heterocycles. The standard InChI is InChI=1S/C11H17N3O2/c12-14-9-1-4-13-10(7-9)8-16-11-2-5-15-6-3-11/h1,4,7,11H,2-3,5-6,8,12H2,(H,13,14). The Morgan fingerprint density at radius 2 is 2.31 bits per heavy atom. The quantitative estimate of drug-likeness (QED) is 0.590. The number of nitrogens with one attached hydrogen (secondary N) is 1. The predicted octanol–water partition coefficient (Wildman–Crippen LogP) is 1.06. The molecule has 1 saturated heterocycles. The van der Waals surface area contributed by atoms with Crippen molar-refractivity contribution in [3.8, 4) is 0 Å². The van der Waals surface area contributed by atoms with Crippen molar-refractivity contribution in [2.75, 3.05) is 18.6 Å². The second kappa shape index (κ2) is 5.79. The summed E-state index contributed by atoms with van der Waals surface area (Å²) in [4.78, 5) is 4.22. The first kappa shape index (κ1) is 11.3. The van der Waals surface area contributed by atoms with Gasteiger partial charge in [-0.3, -0.25) is 10.8 Å². The Bertz CT molecular complexity index is 327. The van der Waals surface area contributed by atoms with Crippen molar-refractivity contribution in [1.82, 2.24) is 4.98 Å². The van der Waals surface area contributed by atoms with Crippen molar-refractivity contribution in [3.63, 3.8) is 0 Å². The lowest BCUT2D eigenvalue weighted by atomic mass is 10.1. The van der Waals surface area contributed by atoms with Gasteiger partial charge in [-0.25, -0.2) is 0 Å². The smallest absolute Gasteiger partial charge is 0.0892 e. The van der Waals surface area contributed by atoms with E-state index in [-0.39, 0.29) is 0 Å². The summed E-state index contributed by atoms with van der Waals surface area (Å²) < 4.78 is 11.0. The van der Waals surface area contributed by atoms with E-state index in [9.17, 15) is 0 Å². The number of nitrogen functional groups attached to an aromatic ring is 1. The fraction of sp³-hybridized carbons (Fsp3) is 0.545. The summed E-state index contributed by atoms with van der Waals surface area (Å²) in [5.41, 5.74) is 4.33. The maximum atomic E-state index is 5.76. The van der Waals surface area contributed by atoms with E-state index in [1.807, 2.05) is 12.1 Å². The van der Waals surface area contributed by atoms with Crippen LogP contribution in [0, 0.1) is 0 Å². The molecule has 0 bridgehead atoms. The number of rotatable bonds is 4. The van der Waals surface area contributed by atoms with Gasteiger partial charge in [0.2, 0.25) is 0 Å². The lowest BCUT2D eigenvalue weighted by molar-refractivity contribution is -0.0399. The van der Waals surface area contributed by atoms with Crippen LogP contribution in [0.5, 0.6) is 0 Å². The summed E-state index contributed by atoms with van der Waals surface area (Å²) in [6, 6.07) is 3.71. The molecular formula is C11H17N3O2. The predicted molar refractivity (Wildman–Crippen MR) is 60.7 cm³/mol. The molecular weight excluding hydrogens is 206 g/mol. The molecule has 1 fully saturated rings. The zero-order valence-corrected chi connectivity index (χ0v) is 9.19. The van der Waals surface area contributed by atoms with E-state index >= 15 is 0 Å². The third-order valence-electron chi connectivity index (χ3n) is 2.62. The lowest BCUT2D eigenvalue weighted by Gasteiger charge is -2.22. The Morgan fingerprint density at radius 1 is 1.50 bits per heavy atom. The fourth-order valence-corrected chi connectivity index (χ4v) is 1.69. The Morgan fingerprint density at radius 3 is 3.06 bits per heavy atom. The average Bonchev–Trinajstić information content (AvgIpc) is 2.38. The molecule has 2 heterocycles. The van der Waals surface area contributed by atoms with Gasteiger partial charge in [0.25, 0.3) is 0 Å². The van der Waals surface area contributed by atoms with Crippen LogP contribution in [0.1, 0.15) is 18.5 Å². The van der Waals surface area contributed by atoms with Crippen molar-refractivity contribution in [3.05, 3.63) is 24.0 Å². The molecule has 2 rings (SSSR count). The summed E-state index contributed by atoms with van der Waals surface area (Å²) in [5.74, 6) is 5.32. The van der Waals surface area contributed by atoms with E-state index in [2.05, 4.69) is 10.4 Å². The van der Waals surface area contributed by atoms with Crippen LogP contribution in [-0.4, -0.2) is 24.3 Å². The van der Waals surface area contributed by atoms with Crippen LogP contribution in [0.25, 0.3) is 0 Å². The molecule has 0 amide bonds. The molecule has 88 valence electrons. The van der Waals surface area contributed by atoms with Gasteiger partial charge in [-0.2, -0.15) is 0 Å². The number of anilines is 1. The highest BCUT2D eigenvalue weighted by atomic mass is 16.5. The Labute approximate surface area is 94.9 Å². The van der Waals surface area contributed by atoms with Crippen molar-refractivity contribution >= 4 is 5.69 Å². The molecule has 0 radical (unpaired) electrons. The third kappa shape index (κ3) is 3.16. The van der Waals surface area contributed by atoms with E-state index in [0.29, 0.717) is 12.7 Å². The van der Waals surface area contributed by atoms with Gasteiger partial charge in [0.1, 0.15) is 0 Å². The largest absolute Gasteiger partial charge is 0.381 e. The van der Waals surface area contributed by atoms with Crippen molar-refractivity contribution in [2.45, 2.75) is 25.6 Å². The maximum absolute atomic E-state index is 5.76. The highest BCUT2D eigenvalue weighted by Crippen LogP contribution is 2.13. The number of hydrogen-bond acceptors (Lipinski definition) is 5. The maximum Gasteiger partial charge on any atom is 0.0892 e. The zero-order chi connectivity index (χ0) is 11.2. The van der Waals surface area contributed by atoms with Crippen LogP contribution in [0.15, 0.2) is 18.3 Å². The molecule has 0 aromatic carbocycles. The van der Waals surface area contributed by atoms with Gasteiger partial charge in [0, 0.05) is 19.4 Å². The summed E-state index contributed by atoms with van der Waals surface area (Å²) in [7, 11) is 0. The molecule has 0 aliphatic carbocycles. The van der Waals surface area contributed by atoms with Crippen LogP contribution < -0.4 is 11.3 Å². The van der Waals surface area contributed by atoms with E-state index < -0.39 is 0 Å². The summed E-state index contributed by atoms with van der Waals surface area (Å²) in [6.07, 6.45) is 3.95. The lowest BCUT2D eigenvalue weighted by Crippen LogP contribution is -2.23. The Kier molecular flexibility index (Phi) is 4.10. The molecule has 0 spiro atoms. The highest BCUT2D eigenvalue weighted by molar-refractivity contribution is 5.41. The van der Waals surface area contributed by atoms with Crippen molar-refractivity contribution < 1.29 is 9.47 Å². The first-order valence-corrected chi connectivity index (χ1v) is 5.49. The number of nitrogens with two attached hydrogens (primary N) is 1. The van der Waals surface area contributed by atoms with Gasteiger partial charge in [-0.05, 0) is 25.0 Å². The SMILES string of the molecule is NNc1ccnc(COC2CCOCC2)c1. The number of nitrogens with zero attached hydrogens (tertiary/aromatic N) is 1. The molecule has 1 aliphatic rings. The van der Waals surface area contributed by atoms with Crippen LogP contribution in [-0.2, 0) is 16.1 Å². The highest BCUT2D eigenvalue weighted by Gasteiger charge is 2.14. The van der Waals surface area contributed by atoms with Gasteiger partial charge in [0.15, 0.2) is 0 Å². The van der Waals surface area contributed by atoms with Crippen molar-refractivity contribution in [2.24, 2.45) is 5.84 Å². The van der Waals surface area contributed by atoms with E-state index in [0.717, 1.165) is 37.4 Å². The molecule has 5 heteroatoms. The molecule has 1 aromatic rings. The van der Waals surface area contributed by atoms with E-state index in [1.54, 1.807) is 6.20 Å². The minimum atomic E-state index is 0.296. The van der Waals surface area contributed by atoms with Gasteiger partial charge in [-0.1, -0.05) is 0 Å². The molecule has 16 heavy (non-hydrogen) atoms. The minimum absolute atomic E-state index is 0.296. The Hall–Kier alpha value is -1.17. The summed E-state index contributed by atoms with van der Waals surface area (Å²) >= 11 is 0. The van der Waals surface area contributed by atoms with Gasteiger partial charge >= 0.3 is 0 Å². The number of hydrazine groups is 1. The van der Waals surface area contributed by atoms with Crippen LogP contribution >= 0.6 is 0 Å². The molecule has 0 unspecified atom stereocenters. The van der Waals surface area contributed by atoms with Crippen LogP contribution in [0.3, 0.4) is 0 Å². The van der Waals surface area contributed by atoms with Gasteiger partial charge < -0.3 is 14.9 Å². The summed E-state index contributed by atoms with van der Waals surface area (Å²) in [5, 5.41) is 0. The van der Waals surface area contributed by atoms with Crippen molar-refractivity contribution in [1.29, 1.82) is 0 Å². The number of ether oxygens (including phenoxy) is 2. The molecule has 1 aromatic heterocycles. The molecule has 0 atom stereocenters. The normalized spacial score (nSPS) is 17.3. The molecule has 0 saturated carbocycles. The molecule has 3 N–H and O–H groups in total. The Balaban J connectivity index is 1.83. The second-order valence-electron chi connectivity index (χ2n) is 3.80. The topological polar surface area (TPSA) is 69.4 Å². The monoisotopic (exact) mass is 223 g/mol. The molecule has 5 nitrogen and oxygen atoms in total. The summed E-state index contributed by atoms with van der Waals surface area (Å²) in [6.45, 7) is 2.12. The van der Waals surface area contributed by atoms with Gasteiger partial charge in [-0.15, -0.1) is 0 Å². The first-order chi connectivity index (χ1) is 7.88. The van der Waals surface area contributed by atoms with Gasteiger partial charge in [0.05, 0.1) is 24.1 Å². The van der Waals surface area contributed by atoms with E-state index in [1.165, 1.54) is 0 Å². The second-order valence-corrected chi connectivity index (χ2v) is 3.80. The fourth-order valence-electron chi connectivity index (χ4n) is 1.69. The number of aromatic nitrogens is 1. The third-order valence-corrected chi connectivity index (χ3v) is 2.62. The van der Waals surface area contributed by atoms with Crippen LogP contribution in [0.4, 0.5) is 5.69 Å². The average molecular weight is 223 g/mol.